The molecule has 1 aliphatic rings. The number of carbonyl (C=O) groups excluding carboxylic acids is 1. The molecule has 3 atom stereocenters. The SMILES string of the molecule is CCCCC1NC(c2cccs2)N(CCCS(C)=O)C1=O. The first-order valence-electron chi connectivity index (χ1n) is 7.53. The third kappa shape index (κ3) is 4.37. The summed E-state index contributed by atoms with van der Waals surface area (Å²) in [5.41, 5.74) is 0. The summed E-state index contributed by atoms with van der Waals surface area (Å²) in [6, 6.07) is 4.03. The van der Waals surface area contributed by atoms with Crippen molar-refractivity contribution in [1.29, 1.82) is 0 Å². The summed E-state index contributed by atoms with van der Waals surface area (Å²) in [7, 11) is -0.794. The summed E-state index contributed by atoms with van der Waals surface area (Å²) >= 11 is 1.68. The van der Waals surface area contributed by atoms with Crippen LogP contribution in [-0.2, 0) is 15.6 Å². The zero-order valence-electron chi connectivity index (χ0n) is 12.7. The van der Waals surface area contributed by atoms with Gasteiger partial charge >= 0.3 is 0 Å². The van der Waals surface area contributed by atoms with E-state index in [-0.39, 0.29) is 18.1 Å². The van der Waals surface area contributed by atoms with Gasteiger partial charge < -0.3 is 4.90 Å². The Morgan fingerprint density at radius 1 is 1.43 bits per heavy atom. The van der Waals surface area contributed by atoms with Crippen molar-refractivity contribution in [3.63, 3.8) is 0 Å². The molecule has 0 aliphatic carbocycles. The Bertz CT molecular complexity index is 476. The van der Waals surface area contributed by atoms with Crippen LogP contribution in [0, 0.1) is 0 Å². The molecular formula is C15H24N2O2S2. The molecule has 0 bridgehead atoms. The van der Waals surface area contributed by atoms with E-state index in [0.717, 1.165) is 25.7 Å². The van der Waals surface area contributed by atoms with Gasteiger partial charge in [-0.2, -0.15) is 0 Å². The second-order valence-corrected chi connectivity index (χ2v) is 7.98. The molecule has 118 valence electrons. The van der Waals surface area contributed by atoms with Crippen molar-refractivity contribution in [3.8, 4) is 0 Å². The van der Waals surface area contributed by atoms with E-state index in [4.69, 9.17) is 0 Å². The normalized spacial score (nSPS) is 23.7. The molecule has 1 aliphatic heterocycles. The molecule has 0 spiro atoms. The minimum Gasteiger partial charge on any atom is -0.321 e. The number of amides is 1. The minimum absolute atomic E-state index is 0.00959. The smallest absolute Gasteiger partial charge is 0.241 e. The first-order chi connectivity index (χ1) is 10.1. The second-order valence-electron chi connectivity index (χ2n) is 5.44. The average Bonchev–Trinajstić information content (AvgIpc) is 3.06. The van der Waals surface area contributed by atoms with E-state index >= 15 is 0 Å². The number of carbonyl (C=O) groups is 1. The van der Waals surface area contributed by atoms with Gasteiger partial charge in [0.25, 0.3) is 0 Å². The predicted molar refractivity (Wildman–Crippen MR) is 88.8 cm³/mol. The van der Waals surface area contributed by atoms with Crippen molar-refractivity contribution in [3.05, 3.63) is 22.4 Å². The Morgan fingerprint density at radius 2 is 2.24 bits per heavy atom. The summed E-state index contributed by atoms with van der Waals surface area (Å²) in [5, 5.41) is 5.52. The largest absolute Gasteiger partial charge is 0.321 e. The Kier molecular flexibility index (Phi) is 6.39. The molecule has 2 heterocycles. The number of hydrogen-bond acceptors (Lipinski definition) is 4. The van der Waals surface area contributed by atoms with Crippen molar-refractivity contribution < 1.29 is 9.00 Å². The standard InChI is InChI=1S/C15H24N2O2S2/c1-3-4-7-12-15(18)17(9-6-11-21(2)19)14(16-12)13-8-5-10-20-13/h5,8,10,12,14,16H,3-4,6-7,9,11H2,1-2H3. The van der Waals surface area contributed by atoms with Crippen molar-refractivity contribution in [2.24, 2.45) is 0 Å². The molecule has 4 nitrogen and oxygen atoms in total. The first-order valence-corrected chi connectivity index (χ1v) is 10.1. The molecular weight excluding hydrogens is 304 g/mol. The lowest BCUT2D eigenvalue weighted by atomic mass is 10.1. The highest BCUT2D eigenvalue weighted by molar-refractivity contribution is 7.84. The van der Waals surface area contributed by atoms with E-state index in [0.29, 0.717) is 12.3 Å². The van der Waals surface area contributed by atoms with E-state index in [1.807, 2.05) is 16.3 Å². The zero-order chi connectivity index (χ0) is 15.2. The molecule has 0 saturated carbocycles. The highest BCUT2D eigenvalue weighted by Crippen LogP contribution is 2.30. The van der Waals surface area contributed by atoms with Gasteiger partial charge in [-0.15, -0.1) is 11.3 Å². The lowest BCUT2D eigenvalue weighted by Gasteiger charge is -2.23. The molecule has 1 saturated heterocycles. The highest BCUT2D eigenvalue weighted by atomic mass is 32.2. The maximum atomic E-state index is 12.6. The molecule has 1 amide bonds. The van der Waals surface area contributed by atoms with Crippen LogP contribution < -0.4 is 5.32 Å². The van der Waals surface area contributed by atoms with Crippen LogP contribution >= 0.6 is 11.3 Å². The molecule has 0 aromatic carbocycles. The molecule has 6 heteroatoms. The fourth-order valence-corrected chi connectivity index (χ4v) is 3.99. The van der Waals surface area contributed by atoms with E-state index in [1.165, 1.54) is 4.88 Å². The Morgan fingerprint density at radius 3 is 2.86 bits per heavy atom. The van der Waals surface area contributed by atoms with Crippen LogP contribution in [0.1, 0.15) is 43.6 Å². The van der Waals surface area contributed by atoms with Crippen molar-refractivity contribution >= 4 is 28.0 Å². The quantitative estimate of drug-likeness (QED) is 0.798. The van der Waals surface area contributed by atoms with Crippen LogP contribution in [-0.4, -0.2) is 39.6 Å². The van der Waals surface area contributed by atoms with Crippen LogP contribution in [0.2, 0.25) is 0 Å². The molecule has 1 fully saturated rings. The molecule has 0 radical (unpaired) electrons. The lowest BCUT2D eigenvalue weighted by Crippen LogP contribution is -2.32. The number of thiophene rings is 1. The number of nitrogens with zero attached hydrogens (tertiary/aromatic N) is 1. The van der Waals surface area contributed by atoms with Gasteiger partial charge in [0.15, 0.2) is 0 Å². The fourth-order valence-electron chi connectivity index (χ4n) is 2.65. The Hall–Kier alpha value is -0.720. The van der Waals surface area contributed by atoms with E-state index in [2.05, 4.69) is 18.3 Å². The van der Waals surface area contributed by atoms with Gasteiger partial charge in [-0.3, -0.25) is 14.3 Å². The van der Waals surface area contributed by atoms with E-state index in [9.17, 15) is 9.00 Å². The Labute approximate surface area is 133 Å². The monoisotopic (exact) mass is 328 g/mol. The van der Waals surface area contributed by atoms with Crippen LogP contribution in [0.3, 0.4) is 0 Å². The van der Waals surface area contributed by atoms with Gasteiger partial charge in [-0.25, -0.2) is 0 Å². The van der Waals surface area contributed by atoms with Gasteiger partial charge in [0.05, 0.1) is 6.04 Å². The van der Waals surface area contributed by atoms with Crippen molar-refractivity contribution in [2.75, 3.05) is 18.6 Å². The molecule has 1 N–H and O–H groups in total. The summed E-state index contributed by atoms with van der Waals surface area (Å²) in [4.78, 5) is 15.7. The number of hydrogen-bond donors (Lipinski definition) is 1. The minimum atomic E-state index is -0.794. The van der Waals surface area contributed by atoms with Gasteiger partial charge in [0, 0.05) is 34.2 Å². The fraction of sp³-hybridized carbons (Fsp3) is 0.667. The van der Waals surface area contributed by atoms with Crippen LogP contribution in [0.5, 0.6) is 0 Å². The van der Waals surface area contributed by atoms with Crippen molar-refractivity contribution in [2.45, 2.75) is 44.8 Å². The maximum absolute atomic E-state index is 12.6. The molecule has 21 heavy (non-hydrogen) atoms. The number of nitrogens with one attached hydrogen (secondary N) is 1. The predicted octanol–water partition coefficient (Wildman–Crippen LogP) is 2.51. The molecule has 3 unspecified atom stereocenters. The highest BCUT2D eigenvalue weighted by Gasteiger charge is 2.39. The summed E-state index contributed by atoms with van der Waals surface area (Å²) < 4.78 is 11.2. The average molecular weight is 329 g/mol. The summed E-state index contributed by atoms with van der Waals surface area (Å²) in [6.07, 6.45) is 5.55. The van der Waals surface area contributed by atoms with Gasteiger partial charge in [-0.1, -0.05) is 25.8 Å². The maximum Gasteiger partial charge on any atom is 0.241 e. The van der Waals surface area contributed by atoms with Gasteiger partial charge in [-0.05, 0) is 24.3 Å². The summed E-state index contributed by atoms with van der Waals surface area (Å²) in [5.74, 6) is 0.851. The second kappa shape index (κ2) is 8.06. The third-order valence-corrected chi connectivity index (χ3v) is 5.53. The van der Waals surface area contributed by atoms with Crippen LogP contribution in [0.4, 0.5) is 0 Å². The number of rotatable bonds is 8. The van der Waals surface area contributed by atoms with E-state index in [1.54, 1.807) is 17.6 Å². The van der Waals surface area contributed by atoms with Gasteiger partial charge in [0.2, 0.25) is 5.91 Å². The number of unbranched alkanes of at least 4 members (excludes halogenated alkanes) is 1. The zero-order valence-corrected chi connectivity index (χ0v) is 14.3. The topological polar surface area (TPSA) is 49.4 Å². The third-order valence-electron chi connectivity index (χ3n) is 3.74. The van der Waals surface area contributed by atoms with E-state index < -0.39 is 10.8 Å². The lowest BCUT2D eigenvalue weighted by molar-refractivity contribution is -0.130. The van der Waals surface area contributed by atoms with Crippen molar-refractivity contribution in [1.82, 2.24) is 10.2 Å². The first kappa shape index (κ1) is 16.6. The summed E-state index contributed by atoms with van der Waals surface area (Å²) in [6.45, 7) is 2.82. The Balaban J connectivity index is 2.04. The van der Waals surface area contributed by atoms with Gasteiger partial charge in [0.1, 0.15) is 6.17 Å². The molecule has 1 aromatic heterocycles. The molecule has 1 aromatic rings. The van der Waals surface area contributed by atoms with Crippen LogP contribution in [0.25, 0.3) is 0 Å². The van der Waals surface area contributed by atoms with Crippen LogP contribution in [0.15, 0.2) is 17.5 Å². The molecule has 2 rings (SSSR count).